The zero-order chi connectivity index (χ0) is 22.5. The van der Waals surface area contributed by atoms with Gasteiger partial charge in [-0.25, -0.2) is 14.8 Å². The summed E-state index contributed by atoms with van der Waals surface area (Å²) in [6.45, 7) is 5.30. The number of aldehydes is 1. The SMILES string of the molecule is CCc1cc(N(CC)C(=O)c2c(N)ncnc2OC)ccc1N1CCN(CC=O)C1=O. The van der Waals surface area contributed by atoms with E-state index in [1.165, 1.54) is 18.3 Å². The summed E-state index contributed by atoms with van der Waals surface area (Å²) in [5.74, 6) is -0.219. The van der Waals surface area contributed by atoms with Gasteiger partial charge in [0.2, 0.25) is 5.88 Å². The number of rotatable bonds is 8. The van der Waals surface area contributed by atoms with Crippen LogP contribution in [0, 0.1) is 0 Å². The normalized spacial score (nSPS) is 13.5. The van der Waals surface area contributed by atoms with E-state index >= 15 is 0 Å². The first-order chi connectivity index (χ1) is 15.0. The maximum atomic E-state index is 13.3. The molecule has 0 saturated carbocycles. The molecule has 1 saturated heterocycles. The zero-order valence-electron chi connectivity index (χ0n) is 17.9. The van der Waals surface area contributed by atoms with Crippen molar-refractivity contribution in [1.29, 1.82) is 0 Å². The van der Waals surface area contributed by atoms with Crippen LogP contribution in [0.5, 0.6) is 5.88 Å². The molecule has 1 aromatic heterocycles. The van der Waals surface area contributed by atoms with Crippen molar-refractivity contribution in [2.24, 2.45) is 0 Å². The van der Waals surface area contributed by atoms with Gasteiger partial charge in [0.15, 0.2) is 0 Å². The molecule has 0 unspecified atom stereocenters. The van der Waals surface area contributed by atoms with Gasteiger partial charge >= 0.3 is 6.03 Å². The van der Waals surface area contributed by atoms with Crippen LogP contribution >= 0.6 is 0 Å². The van der Waals surface area contributed by atoms with Crippen LogP contribution in [0.25, 0.3) is 0 Å². The number of carbonyl (C=O) groups is 3. The topological polar surface area (TPSA) is 122 Å². The van der Waals surface area contributed by atoms with Gasteiger partial charge in [-0.15, -0.1) is 0 Å². The number of hydrogen-bond donors (Lipinski definition) is 1. The van der Waals surface area contributed by atoms with Gasteiger partial charge in [-0.2, -0.15) is 0 Å². The number of aryl methyl sites for hydroxylation is 1. The first-order valence-corrected chi connectivity index (χ1v) is 10.1. The number of methoxy groups -OCH3 is 1. The number of urea groups is 1. The van der Waals surface area contributed by atoms with Crippen molar-refractivity contribution in [2.45, 2.75) is 20.3 Å². The summed E-state index contributed by atoms with van der Waals surface area (Å²) in [5.41, 5.74) is 8.38. The van der Waals surface area contributed by atoms with Crippen molar-refractivity contribution in [3.63, 3.8) is 0 Å². The van der Waals surface area contributed by atoms with E-state index in [1.54, 1.807) is 15.9 Å². The summed E-state index contributed by atoms with van der Waals surface area (Å²) in [6.07, 6.45) is 2.63. The lowest BCUT2D eigenvalue weighted by Crippen LogP contribution is -2.34. The zero-order valence-corrected chi connectivity index (χ0v) is 17.9. The summed E-state index contributed by atoms with van der Waals surface area (Å²) < 4.78 is 5.20. The standard InChI is InChI=1S/C21H26N6O4/c1-4-14-12-15(6-7-16(14)27-9-8-25(10-11-28)21(27)30)26(5-2)20(29)17-18(22)23-13-24-19(17)31-3/h6-7,11-13H,4-5,8-10H2,1-3H3,(H2,22,23,24). The molecule has 0 atom stereocenters. The van der Waals surface area contributed by atoms with Crippen LogP contribution in [0.3, 0.4) is 0 Å². The average molecular weight is 426 g/mol. The second kappa shape index (κ2) is 9.41. The minimum Gasteiger partial charge on any atom is -0.480 e. The molecule has 3 rings (SSSR count). The Morgan fingerprint density at radius 2 is 2.06 bits per heavy atom. The first-order valence-electron chi connectivity index (χ1n) is 10.1. The third kappa shape index (κ3) is 4.14. The summed E-state index contributed by atoms with van der Waals surface area (Å²) in [7, 11) is 1.42. The Labute approximate surface area is 180 Å². The van der Waals surface area contributed by atoms with Crippen molar-refractivity contribution in [3.8, 4) is 5.88 Å². The molecule has 0 bridgehead atoms. The predicted molar refractivity (Wildman–Crippen MR) is 117 cm³/mol. The molecule has 164 valence electrons. The molecule has 10 nitrogen and oxygen atoms in total. The lowest BCUT2D eigenvalue weighted by Gasteiger charge is -2.25. The molecule has 2 heterocycles. The minimum atomic E-state index is -0.373. The summed E-state index contributed by atoms with van der Waals surface area (Å²) in [5, 5.41) is 0. The third-order valence-electron chi connectivity index (χ3n) is 5.25. The van der Waals surface area contributed by atoms with Crippen molar-refractivity contribution >= 4 is 35.4 Å². The molecular formula is C21H26N6O4. The molecule has 3 amide bonds. The van der Waals surface area contributed by atoms with Crippen LogP contribution in [0.1, 0.15) is 29.8 Å². The Morgan fingerprint density at radius 3 is 2.71 bits per heavy atom. The van der Waals surface area contributed by atoms with Crippen LogP contribution in [-0.2, 0) is 11.2 Å². The Balaban J connectivity index is 1.95. The highest BCUT2D eigenvalue weighted by atomic mass is 16.5. The number of anilines is 3. The highest BCUT2D eigenvalue weighted by Gasteiger charge is 2.31. The fourth-order valence-electron chi connectivity index (χ4n) is 3.67. The third-order valence-corrected chi connectivity index (χ3v) is 5.25. The van der Waals surface area contributed by atoms with Crippen LogP contribution < -0.4 is 20.3 Å². The van der Waals surface area contributed by atoms with Crippen LogP contribution in [0.15, 0.2) is 24.5 Å². The quantitative estimate of drug-likeness (QED) is 0.638. The number of hydrogen-bond acceptors (Lipinski definition) is 7. The van der Waals surface area contributed by atoms with E-state index in [4.69, 9.17) is 10.5 Å². The molecule has 1 aliphatic heterocycles. The van der Waals surface area contributed by atoms with Crippen molar-refractivity contribution < 1.29 is 19.1 Å². The van der Waals surface area contributed by atoms with E-state index in [0.717, 1.165) is 17.5 Å². The molecule has 1 aromatic carbocycles. The number of ether oxygens (including phenoxy) is 1. The molecular weight excluding hydrogens is 400 g/mol. The van der Waals surface area contributed by atoms with E-state index in [9.17, 15) is 14.4 Å². The number of carbonyl (C=O) groups excluding carboxylic acids is 3. The Hall–Kier alpha value is -3.69. The monoisotopic (exact) mass is 426 g/mol. The predicted octanol–water partition coefficient (Wildman–Crippen LogP) is 1.74. The van der Waals surface area contributed by atoms with Gasteiger partial charge in [-0.1, -0.05) is 6.92 Å². The van der Waals surface area contributed by atoms with Gasteiger partial charge in [-0.3, -0.25) is 9.69 Å². The van der Waals surface area contributed by atoms with Gasteiger partial charge in [0.1, 0.15) is 24.0 Å². The summed E-state index contributed by atoms with van der Waals surface area (Å²) in [6, 6.07) is 5.31. The Bertz CT molecular complexity index is 996. The molecule has 0 radical (unpaired) electrons. The van der Waals surface area contributed by atoms with Crippen LogP contribution in [0.2, 0.25) is 0 Å². The second-order valence-electron chi connectivity index (χ2n) is 6.91. The maximum Gasteiger partial charge on any atom is 0.325 e. The highest BCUT2D eigenvalue weighted by molar-refractivity contribution is 6.10. The molecule has 0 spiro atoms. The molecule has 0 aliphatic carbocycles. The van der Waals surface area contributed by atoms with E-state index < -0.39 is 0 Å². The van der Waals surface area contributed by atoms with Crippen LogP contribution in [0.4, 0.5) is 22.0 Å². The lowest BCUT2D eigenvalue weighted by molar-refractivity contribution is -0.108. The van der Waals surface area contributed by atoms with Gasteiger partial charge in [0.25, 0.3) is 5.91 Å². The second-order valence-corrected chi connectivity index (χ2v) is 6.91. The maximum absolute atomic E-state index is 13.3. The van der Waals surface area contributed by atoms with Gasteiger partial charge in [0.05, 0.1) is 13.7 Å². The molecule has 10 heteroatoms. The summed E-state index contributed by atoms with van der Waals surface area (Å²) in [4.78, 5) is 49.3. The number of benzene rings is 1. The fourth-order valence-corrected chi connectivity index (χ4v) is 3.67. The first kappa shape index (κ1) is 22.0. The fraction of sp³-hybridized carbons (Fsp3) is 0.381. The largest absolute Gasteiger partial charge is 0.480 e. The van der Waals surface area contributed by atoms with Gasteiger partial charge in [0, 0.05) is 31.0 Å². The Morgan fingerprint density at radius 1 is 1.29 bits per heavy atom. The number of aromatic nitrogens is 2. The van der Waals surface area contributed by atoms with E-state index in [2.05, 4.69) is 9.97 Å². The van der Waals surface area contributed by atoms with Crippen molar-refractivity contribution in [2.75, 3.05) is 48.8 Å². The van der Waals surface area contributed by atoms with Crippen LogP contribution in [-0.4, -0.2) is 66.4 Å². The van der Waals surface area contributed by atoms with Crippen molar-refractivity contribution in [3.05, 3.63) is 35.7 Å². The molecule has 31 heavy (non-hydrogen) atoms. The molecule has 2 aromatic rings. The minimum absolute atomic E-state index is 0.0422. The molecule has 1 fully saturated rings. The average Bonchev–Trinajstić information content (AvgIpc) is 3.14. The highest BCUT2D eigenvalue weighted by Crippen LogP contribution is 2.31. The van der Waals surface area contributed by atoms with Crippen molar-refractivity contribution in [1.82, 2.24) is 14.9 Å². The molecule has 2 N–H and O–H groups in total. The van der Waals surface area contributed by atoms with E-state index in [0.29, 0.717) is 31.7 Å². The van der Waals surface area contributed by atoms with Gasteiger partial charge < -0.3 is 25.1 Å². The van der Waals surface area contributed by atoms with E-state index in [-0.39, 0.29) is 35.7 Å². The number of nitrogen functional groups attached to an aromatic ring is 1. The van der Waals surface area contributed by atoms with Gasteiger partial charge in [-0.05, 0) is 37.1 Å². The Kier molecular flexibility index (Phi) is 6.68. The number of nitrogens with two attached hydrogens (primary N) is 1. The lowest BCUT2D eigenvalue weighted by atomic mass is 10.1. The smallest absolute Gasteiger partial charge is 0.325 e. The van der Waals surface area contributed by atoms with E-state index in [1.807, 2.05) is 26.0 Å². The number of amides is 3. The number of nitrogens with zero attached hydrogens (tertiary/aromatic N) is 5. The summed E-state index contributed by atoms with van der Waals surface area (Å²) >= 11 is 0. The molecule has 1 aliphatic rings.